The number of amides is 1. The Labute approximate surface area is 211 Å². The van der Waals surface area contributed by atoms with Crippen molar-refractivity contribution in [3.8, 4) is 11.1 Å². The van der Waals surface area contributed by atoms with Crippen molar-refractivity contribution in [1.29, 1.82) is 0 Å². The number of ketones is 1. The summed E-state index contributed by atoms with van der Waals surface area (Å²) in [4.78, 5) is 39.8. The fourth-order valence-corrected chi connectivity index (χ4v) is 3.97. The third-order valence-electron chi connectivity index (χ3n) is 5.66. The third kappa shape index (κ3) is 6.25. The molecule has 1 amide bonds. The summed E-state index contributed by atoms with van der Waals surface area (Å²) in [6, 6.07) is 31.5. The molecule has 0 saturated heterocycles. The SMILES string of the molecule is CC(C)(C)OC(=O)C(=O)CC(=O)N(Cc1ccc2ccccc2c1)c1cccc(-c2ccccc2)c1. The van der Waals surface area contributed by atoms with E-state index < -0.39 is 29.7 Å². The predicted octanol–water partition coefficient (Wildman–Crippen LogP) is 6.34. The first-order valence-corrected chi connectivity index (χ1v) is 11.9. The Morgan fingerprint density at radius 1 is 0.722 bits per heavy atom. The standard InChI is InChI=1S/C31H29NO4/c1-31(2,3)36-30(35)28(33)20-29(34)32(21-22-16-17-24-12-7-8-13-25(24)18-22)27-15-9-14-26(19-27)23-10-5-4-6-11-23/h4-19H,20-21H2,1-3H3. The molecule has 0 spiro atoms. The van der Waals surface area contributed by atoms with Gasteiger partial charge in [-0.2, -0.15) is 0 Å². The van der Waals surface area contributed by atoms with E-state index in [2.05, 4.69) is 0 Å². The van der Waals surface area contributed by atoms with Crippen LogP contribution in [0.1, 0.15) is 32.8 Å². The van der Waals surface area contributed by atoms with Crippen LogP contribution in [0.3, 0.4) is 0 Å². The number of fused-ring (bicyclic) bond motifs is 1. The zero-order valence-electron chi connectivity index (χ0n) is 20.7. The van der Waals surface area contributed by atoms with Crippen LogP contribution in [0.25, 0.3) is 21.9 Å². The Balaban J connectivity index is 1.66. The number of rotatable bonds is 7. The van der Waals surface area contributed by atoms with E-state index in [0.29, 0.717) is 5.69 Å². The van der Waals surface area contributed by atoms with Crippen LogP contribution in [0.4, 0.5) is 5.69 Å². The smallest absolute Gasteiger partial charge is 0.375 e. The Hall–Kier alpha value is -4.25. The van der Waals surface area contributed by atoms with Crippen molar-refractivity contribution in [2.75, 3.05) is 4.90 Å². The van der Waals surface area contributed by atoms with Crippen molar-refractivity contribution in [3.63, 3.8) is 0 Å². The second kappa shape index (κ2) is 10.6. The van der Waals surface area contributed by atoms with Crippen molar-refractivity contribution in [2.24, 2.45) is 0 Å². The summed E-state index contributed by atoms with van der Waals surface area (Å²) in [5, 5.41) is 2.16. The van der Waals surface area contributed by atoms with Crippen LogP contribution >= 0.6 is 0 Å². The van der Waals surface area contributed by atoms with Crippen molar-refractivity contribution in [2.45, 2.75) is 39.3 Å². The van der Waals surface area contributed by atoms with Gasteiger partial charge in [-0.25, -0.2) is 4.79 Å². The van der Waals surface area contributed by atoms with Crippen LogP contribution in [0.5, 0.6) is 0 Å². The minimum Gasteiger partial charge on any atom is -0.454 e. The Morgan fingerprint density at radius 2 is 1.39 bits per heavy atom. The molecule has 0 aromatic heterocycles. The van der Waals surface area contributed by atoms with Gasteiger partial charge < -0.3 is 9.64 Å². The number of benzene rings is 4. The zero-order chi connectivity index (χ0) is 25.7. The monoisotopic (exact) mass is 479 g/mol. The third-order valence-corrected chi connectivity index (χ3v) is 5.66. The highest BCUT2D eigenvalue weighted by atomic mass is 16.6. The maximum Gasteiger partial charge on any atom is 0.375 e. The highest BCUT2D eigenvalue weighted by Crippen LogP contribution is 2.27. The van der Waals surface area contributed by atoms with Gasteiger partial charge in [0, 0.05) is 5.69 Å². The molecule has 4 aromatic rings. The number of carbonyl (C=O) groups excluding carboxylic acids is 3. The second-order valence-electron chi connectivity index (χ2n) is 9.68. The number of carbonyl (C=O) groups is 3. The maximum atomic E-state index is 13.4. The summed E-state index contributed by atoms with van der Waals surface area (Å²) >= 11 is 0. The summed E-state index contributed by atoms with van der Waals surface area (Å²) in [6.07, 6.45) is -0.571. The number of esters is 1. The van der Waals surface area contributed by atoms with Crippen molar-refractivity contribution >= 4 is 34.1 Å². The fraction of sp³-hybridized carbons (Fsp3) is 0.194. The lowest BCUT2D eigenvalue weighted by atomic mass is 10.0. The first-order valence-electron chi connectivity index (χ1n) is 11.9. The summed E-state index contributed by atoms with van der Waals surface area (Å²) < 4.78 is 5.17. The number of ether oxygens (including phenoxy) is 1. The molecule has 0 radical (unpaired) electrons. The number of hydrogen-bond acceptors (Lipinski definition) is 4. The molecule has 4 aromatic carbocycles. The number of Topliss-reactive ketones (excluding diaryl/α,β-unsaturated/α-hetero) is 1. The van der Waals surface area contributed by atoms with E-state index in [0.717, 1.165) is 27.5 Å². The number of nitrogens with zero attached hydrogens (tertiary/aromatic N) is 1. The number of anilines is 1. The zero-order valence-corrected chi connectivity index (χ0v) is 20.7. The molecular formula is C31H29NO4. The minimum atomic E-state index is -1.00. The van der Waals surface area contributed by atoms with Crippen LogP contribution in [0, 0.1) is 0 Å². The molecule has 0 heterocycles. The lowest BCUT2D eigenvalue weighted by Crippen LogP contribution is -2.35. The van der Waals surface area contributed by atoms with Crippen molar-refractivity contribution in [1.82, 2.24) is 0 Å². The van der Waals surface area contributed by atoms with Gasteiger partial charge in [0.05, 0.1) is 13.0 Å². The van der Waals surface area contributed by atoms with Crippen LogP contribution < -0.4 is 4.90 Å². The van der Waals surface area contributed by atoms with E-state index in [-0.39, 0.29) is 6.54 Å². The molecule has 0 N–H and O–H groups in total. The largest absolute Gasteiger partial charge is 0.454 e. The normalized spacial score (nSPS) is 11.2. The van der Waals surface area contributed by atoms with Gasteiger partial charge in [0.15, 0.2) is 0 Å². The van der Waals surface area contributed by atoms with E-state index in [1.165, 1.54) is 0 Å². The summed E-state index contributed by atoms with van der Waals surface area (Å²) in [5.74, 6) is -2.33. The summed E-state index contributed by atoms with van der Waals surface area (Å²) in [6.45, 7) is 5.30. The molecule has 0 aliphatic rings. The molecule has 0 saturated carbocycles. The molecule has 0 unspecified atom stereocenters. The molecule has 0 bridgehead atoms. The Kier molecular flexibility index (Phi) is 7.30. The van der Waals surface area contributed by atoms with Gasteiger partial charge in [0.25, 0.3) is 0 Å². The highest BCUT2D eigenvalue weighted by molar-refractivity contribution is 6.37. The van der Waals surface area contributed by atoms with Gasteiger partial charge in [0.2, 0.25) is 11.7 Å². The first kappa shape index (κ1) is 24.9. The van der Waals surface area contributed by atoms with Gasteiger partial charge in [0.1, 0.15) is 5.60 Å². The van der Waals surface area contributed by atoms with Crippen molar-refractivity contribution in [3.05, 3.63) is 103 Å². The van der Waals surface area contributed by atoms with Crippen LogP contribution in [0.15, 0.2) is 97.1 Å². The predicted molar refractivity (Wildman–Crippen MR) is 142 cm³/mol. The van der Waals surface area contributed by atoms with Crippen LogP contribution in [-0.2, 0) is 25.7 Å². The lowest BCUT2D eigenvalue weighted by molar-refractivity contribution is -0.163. The van der Waals surface area contributed by atoms with E-state index >= 15 is 0 Å². The summed E-state index contributed by atoms with van der Waals surface area (Å²) in [7, 11) is 0. The van der Waals surface area contributed by atoms with Crippen LogP contribution in [-0.4, -0.2) is 23.3 Å². The van der Waals surface area contributed by atoms with Gasteiger partial charge in [-0.05, 0) is 66.4 Å². The minimum absolute atomic E-state index is 0.253. The van der Waals surface area contributed by atoms with E-state index in [1.807, 2.05) is 97.1 Å². The molecular weight excluding hydrogens is 450 g/mol. The molecule has 182 valence electrons. The lowest BCUT2D eigenvalue weighted by Gasteiger charge is -2.24. The quantitative estimate of drug-likeness (QED) is 0.176. The second-order valence-corrected chi connectivity index (χ2v) is 9.68. The van der Waals surface area contributed by atoms with E-state index in [1.54, 1.807) is 25.7 Å². The fourth-order valence-electron chi connectivity index (χ4n) is 3.97. The Bertz CT molecular complexity index is 1400. The Morgan fingerprint density at radius 3 is 2.11 bits per heavy atom. The van der Waals surface area contributed by atoms with Gasteiger partial charge in [-0.15, -0.1) is 0 Å². The summed E-state index contributed by atoms with van der Waals surface area (Å²) in [5.41, 5.74) is 2.71. The topological polar surface area (TPSA) is 63.7 Å². The molecule has 0 aliphatic carbocycles. The van der Waals surface area contributed by atoms with E-state index in [4.69, 9.17) is 4.74 Å². The molecule has 0 aliphatic heterocycles. The molecule has 4 rings (SSSR count). The molecule has 36 heavy (non-hydrogen) atoms. The van der Waals surface area contributed by atoms with E-state index in [9.17, 15) is 14.4 Å². The molecule has 5 heteroatoms. The van der Waals surface area contributed by atoms with Crippen LogP contribution in [0.2, 0.25) is 0 Å². The maximum absolute atomic E-state index is 13.4. The van der Waals surface area contributed by atoms with Gasteiger partial charge >= 0.3 is 5.97 Å². The molecule has 0 fully saturated rings. The first-order chi connectivity index (χ1) is 17.2. The molecule has 5 nitrogen and oxygen atoms in total. The average molecular weight is 480 g/mol. The van der Waals surface area contributed by atoms with Gasteiger partial charge in [-0.1, -0.05) is 78.9 Å². The number of hydrogen-bond donors (Lipinski definition) is 0. The molecule has 0 atom stereocenters. The van der Waals surface area contributed by atoms with Gasteiger partial charge in [-0.3, -0.25) is 9.59 Å². The average Bonchev–Trinajstić information content (AvgIpc) is 2.86. The van der Waals surface area contributed by atoms with Crippen molar-refractivity contribution < 1.29 is 19.1 Å². The highest BCUT2D eigenvalue weighted by Gasteiger charge is 2.27.